The molecule has 2 N–H and O–H groups in total. The Hall–Kier alpha value is -1.88. The van der Waals surface area contributed by atoms with E-state index in [0.29, 0.717) is 24.1 Å². The Kier molecular flexibility index (Phi) is 5.86. The Morgan fingerprint density at radius 3 is 2.71 bits per heavy atom. The molecule has 0 saturated carbocycles. The molecule has 130 valence electrons. The normalized spacial score (nSPS) is 26.2. The topological polar surface area (TPSA) is 59.8 Å². The minimum Gasteiger partial charge on any atom is -0.464 e. The third kappa shape index (κ3) is 4.35. The van der Waals surface area contributed by atoms with E-state index in [1.54, 1.807) is 29.2 Å². The van der Waals surface area contributed by atoms with Crippen LogP contribution in [0.15, 0.2) is 30.3 Å². The monoisotopic (exact) mass is 331 g/mol. The van der Waals surface area contributed by atoms with Gasteiger partial charge in [-0.05, 0) is 44.2 Å². The van der Waals surface area contributed by atoms with Crippen LogP contribution in [0, 0.1) is 5.92 Å². The predicted octanol–water partition coefficient (Wildman–Crippen LogP) is 0.807. The molecule has 2 saturated heterocycles. The predicted molar refractivity (Wildman–Crippen MR) is 90.8 cm³/mol. The minimum atomic E-state index is -0.345. The molecule has 3 atom stereocenters. The highest BCUT2D eigenvalue weighted by Gasteiger charge is 2.37. The first kappa shape index (κ1) is 17.0. The number of nitrogens with one attached hydrogen (secondary N) is 2. The van der Waals surface area contributed by atoms with Crippen LogP contribution in [0.1, 0.15) is 42.5 Å². The second-order valence-electron chi connectivity index (χ2n) is 6.89. The van der Waals surface area contributed by atoms with Gasteiger partial charge in [0.2, 0.25) is 0 Å². The summed E-state index contributed by atoms with van der Waals surface area (Å²) in [7, 11) is 0. The van der Waals surface area contributed by atoms with E-state index in [4.69, 9.17) is 4.74 Å². The van der Waals surface area contributed by atoms with Crippen LogP contribution < -0.4 is 10.2 Å². The molecule has 0 spiro atoms. The van der Waals surface area contributed by atoms with Gasteiger partial charge in [-0.1, -0.05) is 18.2 Å². The van der Waals surface area contributed by atoms with Gasteiger partial charge in [0.25, 0.3) is 5.91 Å². The fourth-order valence-electron chi connectivity index (χ4n) is 4.07. The number of quaternary nitrogens is 1. The molecule has 24 heavy (non-hydrogen) atoms. The molecule has 2 heterocycles. The highest BCUT2D eigenvalue weighted by molar-refractivity contribution is 5.95. The molecule has 0 bridgehead atoms. The molecule has 1 unspecified atom stereocenters. The summed E-state index contributed by atoms with van der Waals surface area (Å²) in [5, 5.41) is 2.62. The van der Waals surface area contributed by atoms with E-state index in [0.717, 1.165) is 6.42 Å². The summed E-state index contributed by atoms with van der Waals surface area (Å²) >= 11 is 0. The van der Waals surface area contributed by atoms with Crippen LogP contribution in [0.4, 0.5) is 0 Å². The van der Waals surface area contributed by atoms with Crippen LogP contribution in [0.2, 0.25) is 0 Å². The molecule has 5 nitrogen and oxygen atoms in total. The number of carbonyl (C=O) groups is 2. The lowest BCUT2D eigenvalue weighted by atomic mass is 9.84. The summed E-state index contributed by atoms with van der Waals surface area (Å²) < 4.78 is 5.45. The average Bonchev–Trinajstić information content (AvgIpc) is 2.65. The third-order valence-electron chi connectivity index (χ3n) is 5.32. The fraction of sp³-hybridized carbons (Fsp3) is 0.579. The number of carbonyl (C=O) groups excluding carboxylic acids is 2. The quantitative estimate of drug-likeness (QED) is 0.785. The number of hydrogen-bond donors (Lipinski definition) is 2. The Labute approximate surface area is 143 Å². The minimum absolute atomic E-state index is 0.0678. The maximum atomic E-state index is 11.9. The summed E-state index contributed by atoms with van der Waals surface area (Å²) in [6, 6.07) is 9.56. The van der Waals surface area contributed by atoms with Gasteiger partial charge in [0.15, 0.2) is 0 Å². The molecular formula is C19H27N2O3+. The molecule has 5 heteroatoms. The number of amides is 1. The van der Waals surface area contributed by atoms with E-state index < -0.39 is 0 Å². The molecule has 0 aliphatic carbocycles. The molecule has 3 rings (SSSR count). The number of benzene rings is 1. The average molecular weight is 331 g/mol. The zero-order valence-electron chi connectivity index (χ0n) is 14.1. The molecule has 2 aliphatic heterocycles. The van der Waals surface area contributed by atoms with Crippen molar-refractivity contribution in [3.63, 3.8) is 0 Å². The second kappa shape index (κ2) is 8.29. The summed E-state index contributed by atoms with van der Waals surface area (Å²) in [4.78, 5) is 25.6. The van der Waals surface area contributed by atoms with Gasteiger partial charge in [-0.15, -0.1) is 0 Å². The number of piperidine rings is 2. The number of fused-ring (bicyclic) bond motifs is 1. The number of ether oxygens (including phenoxy) is 1. The first-order chi connectivity index (χ1) is 11.7. The largest absolute Gasteiger partial charge is 0.464 e. The summed E-state index contributed by atoms with van der Waals surface area (Å²) in [5.41, 5.74) is 0.555. The maximum absolute atomic E-state index is 11.9. The van der Waals surface area contributed by atoms with Crippen molar-refractivity contribution in [1.29, 1.82) is 0 Å². The van der Waals surface area contributed by atoms with Gasteiger partial charge in [0, 0.05) is 11.5 Å². The molecule has 0 radical (unpaired) electrons. The van der Waals surface area contributed by atoms with Crippen LogP contribution >= 0.6 is 0 Å². The smallest absolute Gasteiger partial charge is 0.325 e. The molecule has 2 fully saturated rings. The van der Waals surface area contributed by atoms with Gasteiger partial charge in [-0.25, -0.2) is 0 Å². The van der Waals surface area contributed by atoms with Crippen molar-refractivity contribution in [1.82, 2.24) is 5.32 Å². The molecule has 0 aromatic heterocycles. The van der Waals surface area contributed by atoms with Crippen molar-refractivity contribution in [2.75, 3.05) is 26.2 Å². The molecular weight excluding hydrogens is 304 g/mol. The first-order valence-electron chi connectivity index (χ1n) is 9.07. The lowest BCUT2D eigenvalue weighted by Gasteiger charge is -2.40. The van der Waals surface area contributed by atoms with E-state index in [9.17, 15) is 9.59 Å². The van der Waals surface area contributed by atoms with Crippen molar-refractivity contribution in [3.05, 3.63) is 35.9 Å². The summed E-state index contributed by atoms with van der Waals surface area (Å²) in [6.45, 7) is 2.96. The molecule has 1 aromatic rings. The molecule has 1 aromatic carbocycles. The Balaban J connectivity index is 1.41. The highest BCUT2D eigenvalue weighted by atomic mass is 16.5. The Bertz CT molecular complexity index is 559. The molecule has 1 amide bonds. The maximum Gasteiger partial charge on any atom is 0.325 e. The Morgan fingerprint density at radius 2 is 1.88 bits per heavy atom. The van der Waals surface area contributed by atoms with Crippen molar-refractivity contribution in [2.24, 2.45) is 5.92 Å². The summed E-state index contributed by atoms with van der Waals surface area (Å²) in [5.74, 6) is -0.113. The third-order valence-corrected chi connectivity index (χ3v) is 5.32. The lowest BCUT2D eigenvalue weighted by Crippen LogP contribution is -3.18. The second-order valence-corrected chi connectivity index (χ2v) is 6.89. The van der Waals surface area contributed by atoms with Crippen molar-refractivity contribution in [3.8, 4) is 0 Å². The zero-order chi connectivity index (χ0) is 16.8. The van der Waals surface area contributed by atoms with Crippen molar-refractivity contribution in [2.45, 2.75) is 38.1 Å². The lowest BCUT2D eigenvalue weighted by molar-refractivity contribution is -0.940. The van der Waals surface area contributed by atoms with Crippen LogP contribution in [-0.2, 0) is 9.53 Å². The van der Waals surface area contributed by atoms with Gasteiger partial charge >= 0.3 is 5.97 Å². The standard InChI is InChI=1S/C19H26N2O3/c22-18(13-20-19(23)15-7-2-1-3-8-15)24-14-16-9-6-12-21-11-5-4-10-17(16)21/h1-3,7-8,16-17H,4-6,9-14H2,(H,20,23)/p+1/t16-,17+/m0/s1. The van der Waals surface area contributed by atoms with E-state index in [2.05, 4.69) is 5.32 Å². The van der Waals surface area contributed by atoms with E-state index in [-0.39, 0.29) is 18.4 Å². The Morgan fingerprint density at radius 1 is 1.08 bits per heavy atom. The number of hydrogen-bond acceptors (Lipinski definition) is 3. The van der Waals surface area contributed by atoms with Gasteiger partial charge in [-0.2, -0.15) is 0 Å². The van der Waals surface area contributed by atoms with Crippen LogP contribution in [0.3, 0.4) is 0 Å². The zero-order valence-corrected chi connectivity index (χ0v) is 14.1. The molecule has 2 aliphatic rings. The number of rotatable bonds is 5. The SMILES string of the molecule is O=C(CNC(=O)c1ccccc1)OC[C@@H]1CCC[NH+]2CCCC[C@H]12. The van der Waals surface area contributed by atoms with E-state index >= 15 is 0 Å². The van der Waals surface area contributed by atoms with Gasteiger partial charge < -0.3 is 15.0 Å². The van der Waals surface area contributed by atoms with Crippen LogP contribution in [-0.4, -0.2) is 44.2 Å². The highest BCUT2D eigenvalue weighted by Crippen LogP contribution is 2.20. The van der Waals surface area contributed by atoms with E-state index in [1.165, 1.54) is 38.8 Å². The van der Waals surface area contributed by atoms with E-state index in [1.807, 2.05) is 6.07 Å². The number of esters is 1. The van der Waals surface area contributed by atoms with Crippen molar-refractivity contribution >= 4 is 11.9 Å². The van der Waals surface area contributed by atoms with Crippen LogP contribution in [0.25, 0.3) is 0 Å². The van der Waals surface area contributed by atoms with Gasteiger partial charge in [0.1, 0.15) is 6.54 Å². The first-order valence-corrected chi connectivity index (χ1v) is 9.07. The van der Waals surface area contributed by atoms with Gasteiger partial charge in [0.05, 0.1) is 25.7 Å². The summed E-state index contributed by atoms with van der Waals surface area (Å²) in [6.07, 6.45) is 6.24. The fourth-order valence-corrected chi connectivity index (χ4v) is 4.07. The van der Waals surface area contributed by atoms with Crippen LogP contribution in [0.5, 0.6) is 0 Å². The van der Waals surface area contributed by atoms with Crippen molar-refractivity contribution < 1.29 is 19.2 Å². The van der Waals surface area contributed by atoms with Gasteiger partial charge in [-0.3, -0.25) is 9.59 Å².